The van der Waals surface area contributed by atoms with Gasteiger partial charge in [-0.25, -0.2) is 4.79 Å². The van der Waals surface area contributed by atoms with Gasteiger partial charge in [0.15, 0.2) is 11.8 Å². The number of hydrogen-bond acceptors (Lipinski definition) is 7. The summed E-state index contributed by atoms with van der Waals surface area (Å²) < 4.78 is 17.3. The molecule has 2 heterocycles. The molecule has 2 aromatic carbocycles. The molecule has 35 heavy (non-hydrogen) atoms. The Labute approximate surface area is 207 Å². The van der Waals surface area contributed by atoms with E-state index in [0.717, 1.165) is 5.56 Å². The third-order valence-electron chi connectivity index (χ3n) is 5.55. The number of thioether (sulfide) groups is 1. The molecule has 0 aliphatic carbocycles. The van der Waals surface area contributed by atoms with Crippen LogP contribution < -0.4 is 19.5 Å². The minimum Gasteiger partial charge on any atom is -0.497 e. The van der Waals surface area contributed by atoms with Crippen molar-refractivity contribution in [3.05, 3.63) is 59.5 Å². The summed E-state index contributed by atoms with van der Waals surface area (Å²) in [5.74, 6) is 1.000. The van der Waals surface area contributed by atoms with Gasteiger partial charge < -0.3 is 19.5 Å². The van der Waals surface area contributed by atoms with Crippen LogP contribution in [0.5, 0.6) is 17.2 Å². The van der Waals surface area contributed by atoms with E-state index < -0.39 is 17.2 Å². The summed E-state index contributed by atoms with van der Waals surface area (Å²) in [4.78, 5) is 40.6. The predicted octanol–water partition coefficient (Wildman–Crippen LogP) is 3.29. The Morgan fingerprint density at radius 3 is 2.51 bits per heavy atom. The van der Waals surface area contributed by atoms with Crippen LogP contribution in [0, 0.1) is 0 Å². The first-order valence-corrected chi connectivity index (χ1v) is 11.9. The second-order valence-corrected chi connectivity index (χ2v) is 8.74. The maximum absolute atomic E-state index is 13.4. The van der Waals surface area contributed by atoms with Crippen LogP contribution in [0.4, 0.5) is 10.5 Å². The van der Waals surface area contributed by atoms with Crippen LogP contribution >= 0.6 is 11.8 Å². The van der Waals surface area contributed by atoms with Gasteiger partial charge in [-0.1, -0.05) is 12.1 Å². The van der Waals surface area contributed by atoms with Crippen LogP contribution in [-0.2, 0) is 16.1 Å². The van der Waals surface area contributed by atoms with E-state index in [2.05, 4.69) is 5.32 Å². The molecule has 1 atom stereocenters. The van der Waals surface area contributed by atoms with Gasteiger partial charge in [0, 0.05) is 6.07 Å². The van der Waals surface area contributed by atoms with Crippen LogP contribution in [0.2, 0.25) is 0 Å². The number of allylic oxidation sites excluding steroid dienone is 1. The van der Waals surface area contributed by atoms with Gasteiger partial charge in [0.05, 0.1) is 26.5 Å². The molecule has 2 aromatic rings. The minimum atomic E-state index is -0.571. The van der Waals surface area contributed by atoms with Gasteiger partial charge >= 0.3 is 11.9 Å². The average Bonchev–Trinajstić information content (AvgIpc) is 3.36. The second kappa shape index (κ2) is 10.6. The first kappa shape index (κ1) is 24.3. The molecule has 4 rings (SSSR count). The molecule has 0 saturated carbocycles. The van der Waals surface area contributed by atoms with Crippen molar-refractivity contribution in [2.75, 3.05) is 32.7 Å². The number of methoxy groups -OCH3 is 2. The quantitative estimate of drug-likeness (QED) is 0.532. The highest BCUT2D eigenvalue weighted by molar-refractivity contribution is 8.04. The molecule has 0 bridgehead atoms. The summed E-state index contributed by atoms with van der Waals surface area (Å²) in [7, 11) is 3.03. The van der Waals surface area contributed by atoms with Gasteiger partial charge in [-0.15, -0.1) is 11.8 Å². The van der Waals surface area contributed by atoms with Crippen molar-refractivity contribution in [2.24, 2.45) is 0 Å². The topological polar surface area (TPSA) is 97.2 Å². The van der Waals surface area contributed by atoms with E-state index in [4.69, 9.17) is 14.2 Å². The summed E-state index contributed by atoms with van der Waals surface area (Å²) in [5, 5.41) is 3.98. The third kappa shape index (κ3) is 5.17. The van der Waals surface area contributed by atoms with E-state index >= 15 is 0 Å². The van der Waals surface area contributed by atoms with E-state index in [-0.39, 0.29) is 19.0 Å². The standard InChI is InChI=1S/C25H25N3O6S/c1-4-34-17-7-5-16(6-8-17)14-28-24(30)23-20(11-12-35-23)27(25(28)31)15-22(29)26-19-10-9-18(32-2)13-21(19)33-3/h5-13,23H,4,14-15H2,1-3H3/p+1. The number of rotatable bonds is 9. The van der Waals surface area contributed by atoms with E-state index in [9.17, 15) is 14.4 Å². The maximum Gasteiger partial charge on any atom is 0.501 e. The van der Waals surface area contributed by atoms with Crippen molar-refractivity contribution in [1.29, 1.82) is 0 Å². The molecule has 0 radical (unpaired) electrons. The molecule has 9 nitrogen and oxygen atoms in total. The molecule has 4 amide bonds. The van der Waals surface area contributed by atoms with Crippen molar-refractivity contribution < 1.29 is 33.2 Å². The molecular weight excluding hydrogens is 470 g/mol. The molecule has 182 valence electrons. The molecule has 2 aliphatic heterocycles. The van der Waals surface area contributed by atoms with E-state index in [1.807, 2.05) is 19.1 Å². The van der Waals surface area contributed by atoms with Gasteiger partial charge in [-0.05, 0) is 48.2 Å². The lowest BCUT2D eigenvalue weighted by atomic mass is 10.1. The lowest BCUT2D eigenvalue weighted by Gasteiger charge is -2.24. The molecule has 1 unspecified atom stereocenters. The Kier molecular flexibility index (Phi) is 7.40. The number of anilines is 1. The first-order chi connectivity index (χ1) is 16.9. The van der Waals surface area contributed by atoms with Crippen LogP contribution in [-0.4, -0.2) is 65.7 Å². The van der Waals surface area contributed by atoms with Gasteiger partial charge in [0.2, 0.25) is 0 Å². The molecule has 2 aliphatic rings. The fourth-order valence-corrected chi connectivity index (χ4v) is 4.80. The smallest absolute Gasteiger partial charge is 0.497 e. The number of amides is 4. The lowest BCUT2D eigenvalue weighted by Crippen LogP contribution is -2.55. The third-order valence-corrected chi connectivity index (χ3v) is 6.55. The summed E-state index contributed by atoms with van der Waals surface area (Å²) in [5.41, 5.74) is 1.73. The Bertz CT molecular complexity index is 1210. The summed E-state index contributed by atoms with van der Waals surface area (Å²) in [6, 6.07) is 11.7. The number of imide groups is 1. The number of carbonyl (C=O) groups excluding carboxylic acids is 3. The number of urea groups is 1. The fourth-order valence-electron chi connectivity index (χ4n) is 3.83. The molecule has 0 saturated heterocycles. The number of ether oxygens (including phenoxy) is 3. The van der Waals surface area contributed by atoms with Crippen LogP contribution in [0.3, 0.4) is 0 Å². The molecule has 0 spiro atoms. The normalized spacial score (nSPS) is 16.9. The van der Waals surface area contributed by atoms with E-state index in [1.54, 1.807) is 41.8 Å². The Hall–Kier alpha value is -3.79. The minimum absolute atomic E-state index is 0.0961. The highest BCUT2D eigenvalue weighted by Crippen LogP contribution is 2.30. The van der Waals surface area contributed by atoms with Crippen LogP contribution in [0.25, 0.3) is 0 Å². The number of carbonyl (C=O) groups is 3. The van der Waals surface area contributed by atoms with Gasteiger partial charge in [-0.3, -0.25) is 4.79 Å². The van der Waals surface area contributed by atoms with Crippen molar-refractivity contribution in [3.63, 3.8) is 0 Å². The summed E-state index contributed by atoms with van der Waals surface area (Å²) in [6.45, 7) is 2.29. The number of fused-ring (bicyclic) bond motifs is 1. The number of nitrogens with zero attached hydrogens (tertiary/aromatic N) is 2. The SMILES string of the molecule is CCOc1ccc(CN2C(=O)C3SC=CC3=[N+](CC(=O)Nc3ccc(OC)cc3OC)C2=O)cc1. The number of nitrogens with one attached hydrogen (secondary N) is 1. The molecule has 0 fully saturated rings. The van der Waals surface area contributed by atoms with Crippen LogP contribution in [0.15, 0.2) is 53.9 Å². The zero-order valence-electron chi connectivity index (χ0n) is 19.6. The highest BCUT2D eigenvalue weighted by atomic mass is 32.2. The molecule has 10 heteroatoms. The molecule has 0 aromatic heterocycles. The van der Waals surface area contributed by atoms with Crippen LogP contribution in [0.1, 0.15) is 12.5 Å². The maximum atomic E-state index is 13.4. The van der Waals surface area contributed by atoms with Gasteiger partial charge in [-0.2, -0.15) is 14.3 Å². The van der Waals surface area contributed by atoms with Gasteiger partial charge in [0.25, 0.3) is 5.91 Å². The second-order valence-electron chi connectivity index (χ2n) is 7.73. The first-order valence-electron chi connectivity index (χ1n) is 11.0. The zero-order valence-corrected chi connectivity index (χ0v) is 20.5. The average molecular weight is 497 g/mol. The summed E-state index contributed by atoms with van der Waals surface area (Å²) in [6.07, 6.45) is 1.71. The Morgan fingerprint density at radius 2 is 1.83 bits per heavy atom. The largest absolute Gasteiger partial charge is 0.501 e. The Morgan fingerprint density at radius 1 is 1.09 bits per heavy atom. The van der Waals surface area contributed by atoms with Crippen molar-refractivity contribution in [3.8, 4) is 17.2 Å². The van der Waals surface area contributed by atoms with Gasteiger partial charge in [0.1, 0.15) is 29.5 Å². The lowest BCUT2D eigenvalue weighted by molar-refractivity contribution is -0.426. The van der Waals surface area contributed by atoms with Crippen molar-refractivity contribution in [1.82, 2.24) is 4.90 Å². The molecule has 1 N–H and O–H groups in total. The Balaban J connectivity index is 1.54. The monoisotopic (exact) mass is 496 g/mol. The summed E-state index contributed by atoms with van der Waals surface area (Å²) >= 11 is 1.32. The van der Waals surface area contributed by atoms with Crippen molar-refractivity contribution in [2.45, 2.75) is 18.7 Å². The zero-order chi connectivity index (χ0) is 24.9. The fraction of sp³-hybridized carbons (Fsp3) is 0.280. The van der Waals surface area contributed by atoms with E-state index in [1.165, 1.54) is 35.5 Å². The van der Waals surface area contributed by atoms with Crippen molar-refractivity contribution >= 4 is 41.0 Å². The highest BCUT2D eigenvalue weighted by Gasteiger charge is 2.49. The van der Waals surface area contributed by atoms with E-state index in [0.29, 0.717) is 35.3 Å². The molecular formula is C25H26N3O6S+. The number of benzene rings is 2. The predicted molar refractivity (Wildman–Crippen MR) is 132 cm³/mol. The number of hydrogen-bond donors (Lipinski definition) is 1.